The lowest BCUT2D eigenvalue weighted by molar-refractivity contribution is 0.0697. The SMILES string of the molecule is O=C(O)c1cccc(-c2nc(-c3ccc(Cl)s3)cs2)c1. The van der Waals surface area contributed by atoms with Crippen molar-refractivity contribution in [1.82, 2.24) is 4.98 Å². The lowest BCUT2D eigenvalue weighted by Crippen LogP contribution is -1.95. The number of carboxylic acids is 1. The molecule has 3 nitrogen and oxygen atoms in total. The van der Waals surface area contributed by atoms with Gasteiger partial charge in [-0.25, -0.2) is 9.78 Å². The van der Waals surface area contributed by atoms with Gasteiger partial charge in [-0.3, -0.25) is 0 Å². The van der Waals surface area contributed by atoms with E-state index in [2.05, 4.69) is 4.98 Å². The Kier molecular flexibility index (Phi) is 3.56. The molecule has 0 aliphatic rings. The first-order chi connectivity index (χ1) is 9.63. The summed E-state index contributed by atoms with van der Waals surface area (Å²) in [5.41, 5.74) is 1.94. The largest absolute Gasteiger partial charge is 0.478 e. The summed E-state index contributed by atoms with van der Waals surface area (Å²) in [7, 11) is 0. The number of hydrogen-bond acceptors (Lipinski definition) is 4. The quantitative estimate of drug-likeness (QED) is 0.747. The number of carbonyl (C=O) groups is 1. The summed E-state index contributed by atoms with van der Waals surface area (Å²) in [6, 6.07) is 10.6. The molecule has 0 saturated carbocycles. The number of benzene rings is 1. The zero-order valence-electron chi connectivity index (χ0n) is 10.0. The fraction of sp³-hybridized carbons (Fsp3) is 0. The molecule has 0 aliphatic carbocycles. The lowest BCUT2D eigenvalue weighted by atomic mass is 10.1. The lowest BCUT2D eigenvalue weighted by Gasteiger charge is -1.98. The smallest absolute Gasteiger partial charge is 0.335 e. The molecule has 20 heavy (non-hydrogen) atoms. The molecule has 0 radical (unpaired) electrons. The Hall–Kier alpha value is -1.69. The highest BCUT2D eigenvalue weighted by atomic mass is 35.5. The van der Waals surface area contributed by atoms with Crippen LogP contribution in [0.4, 0.5) is 0 Å². The van der Waals surface area contributed by atoms with Gasteiger partial charge in [-0.1, -0.05) is 23.7 Å². The van der Waals surface area contributed by atoms with Gasteiger partial charge in [0, 0.05) is 10.9 Å². The molecule has 3 rings (SSSR count). The standard InChI is InChI=1S/C14H8ClNO2S2/c15-12-5-4-11(20-12)10-7-19-13(16-10)8-2-1-3-9(6-8)14(17)18/h1-7H,(H,17,18). The van der Waals surface area contributed by atoms with Crippen LogP contribution >= 0.6 is 34.3 Å². The molecular formula is C14H8ClNO2S2. The highest BCUT2D eigenvalue weighted by Crippen LogP contribution is 2.34. The first kappa shape index (κ1) is 13.3. The van der Waals surface area contributed by atoms with E-state index in [0.717, 1.165) is 25.5 Å². The van der Waals surface area contributed by atoms with E-state index in [9.17, 15) is 4.79 Å². The maximum absolute atomic E-state index is 11.0. The number of thiophene rings is 1. The number of carboxylic acid groups (broad SMARTS) is 1. The second-order valence-corrected chi connectivity index (χ2v) is 6.60. The molecule has 6 heteroatoms. The molecule has 2 heterocycles. The van der Waals surface area contributed by atoms with Crippen LogP contribution in [-0.2, 0) is 0 Å². The fourth-order valence-electron chi connectivity index (χ4n) is 1.76. The fourth-order valence-corrected chi connectivity index (χ4v) is 3.65. The summed E-state index contributed by atoms with van der Waals surface area (Å²) in [4.78, 5) is 16.5. The zero-order chi connectivity index (χ0) is 14.1. The van der Waals surface area contributed by atoms with E-state index >= 15 is 0 Å². The van der Waals surface area contributed by atoms with Crippen LogP contribution in [0.5, 0.6) is 0 Å². The Bertz CT molecular complexity index is 779. The van der Waals surface area contributed by atoms with Crippen molar-refractivity contribution in [2.24, 2.45) is 0 Å². The molecule has 0 spiro atoms. The van der Waals surface area contributed by atoms with Crippen LogP contribution in [0.2, 0.25) is 4.34 Å². The van der Waals surface area contributed by atoms with Crippen LogP contribution in [0, 0.1) is 0 Å². The second-order valence-electron chi connectivity index (χ2n) is 4.03. The average Bonchev–Trinajstić information content (AvgIpc) is 3.07. The molecule has 0 amide bonds. The molecule has 1 N–H and O–H groups in total. The third-order valence-corrected chi connectivity index (χ3v) is 4.83. The normalized spacial score (nSPS) is 10.7. The highest BCUT2D eigenvalue weighted by molar-refractivity contribution is 7.20. The summed E-state index contributed by atoms with van der Waals surface area (Å²) in [5.74, 6) is -0.936. The maximum Gasteiger partial charge on any atom is 0.335 e. The van der Waals surface area contributed by atoms with Crippen molar-refractivity contribution in [3.63, 3.8) is 0 Å². The Labute approximate surface area is 128 Å². The van der Waals surface area contributed by atoms with Crippen LogP contribution < -0.4 is 0 Å². The van der Waals surface area contributed by atoms with Crippen LogP contribution in [-0.4, -0.2) is 16.1 Å². The first-order valence-corrected chi connectivity index (χ1v) is 7.76. The topological polar surface area (TPSA) is 50.2 Å². The van der Waals surface area contributed by atoms with E-state index in [1.54, 1.807) is 18.2 Å². The summed E-state index contributed by atoms with van der Waals surface area (Å²) < 4.78 is 0.724. The summed E-state index contributed by atoms with van der Waals surface area (Å²) in [6.07, 6.45) is 0. The van der Waals surface area contributed by atoms with Crippen molar-refractivity contribution in [3.8, 4) is 21.1 Å². The van der Waals surface area contributed by atoms with Crippen molar-refractivity contribution in [3.05, 3.63) is 51.7 Å². The molecule has 0 bridgehead atoms. The number of thiazole rings is 1. The molecular weight excluding hydrogens is 314 g/mol. The van der Waals surface area contributed by atoms with E-state index in [1.807, 2.05) is 23.6 Å². The van der Waals surface area contributed by atoms with E-state index < -0.39 is 5.97 Å². The number of halogens is 1. The predicted molar refractivity (Wildman–Crippen MR) is 82.8 cm³/mol. The minimum atomic E-state index is -0.936. The van der Waals surface area contributed by atoms with Gasteiger partial charge in [0.1, 0.15) is 5.01 Å². The molecule has 0 aliphatic heterocycles. The molecule has 2 aromatic heterocycles. The first-order valence-electron chi connectivity index (χ1n) is 5.68. The minimum absolute atomic E-state index is 0.262. The van der Waals surface area contributed by atoms with Gasteiger partial charge in [0.2, 0.25) is 0 Å². The van der Waals surface area contributed by atoms with Gasteiger partial charge in [-0.2, -0.15) is 0 Å². The van der Waals surface area contributed by atoms with Crippen LogP contribution in [0.15, 0.2) is 41.8 Å². The molecule has 0 atom stereocenters. The molecule has 0 saturated heterocycles. The number of rotatable bonds is 3. The van der Waals surface area contributed by atoms with E-state index in [4.69, 9.17) is 16.7 Å². The van der Waals surface area contributed by atoms with E-state index in [0.29, 0.717) is 0 Å². The Morgan fingerprint density at radius 1 is 1.25 bits per heavy atom. The van der Waals surface area contributed by atoms with Gasteiger partial charge >= 0.3 is 5.97 Å². The number of nitrogens with zero attached hydrogens (tertiary/aromatic N) is 1. The van der Waals surface area contributed by atoms with Crippen molar-refractivity contribution < 1.29 is 9.90 Å². The van der Waals surface area contributed by atoms with Crippen molar-refractivity contribution >= 4 is 40.2 Å². The summed E-state index contributed by atoms with van der Waals surface area (Å²) in [5, 5.41) is 11.8. The monoisotopic (exact) mass is 321 g/mol. The molecule has 3 aromatic rings. The average molecular weight is 322 g/mol. The Morgan fingerprint density at radius 3 is 2.80 bits per heavy atom. The predicted octanol–water partition coefficient (Wildman–Crippen LogP) is 4.89. The summed E-state index contributed by atoms with van der Waals surface area (Å²) in [6.45, 7) is 0. The number of aromatic carboxylic acids is 1. The van der Waals surface area contributed by atoms with Gasteiger partial charge in [0.15, 0.2) is 0 Å². The van der Waals surface area contributed by atoms with E-state index in [1.165, 1.54) is 22.7 Å². The number of aromatic nitrogens is 1. The third-order valence-electron chi connectivity index (χ3n) is 2.69. The molecule has 0 fully saturated rings. The highest BCUT2D eigenvalue weighted by Gasteiger charge is 2.10. The van der Waals surface area contributed by atoms with Crippen LogP contribution in [0.3, 0.4) is 0 Å². The zero-order valence-corrected chi connectivity index (χ0v) is 12.4. The van der Waals surface area contributed by atoms with Gasteiger partial charge in [-0.15, -0.1) is 22.7 Å². The van der Waals surface area contributed by atoms with Gasteiger partial charge in [-0.05, 0) is 24.3 Å². The number of hydrogen-bond donors (Lipinski definition) is 1. The maximum atomic E-state index is 11.0. The van der Waals surface area contributed by atoms with E-state index in [-0.39, 0.29) is 5.56 Å². The van der Waals surface area contributed by atoms with Crippen molar-refractivity contribution in [1.29, 1.82) is 0 Å². The Morgan fingerprint density at radius 2 is 2.10 bits per heavy atom. The third kappa shape index (κ3) is 2.60. The van der Waals surface area contributed by atoms with Crippen LogP contribution in [0.1, 0.15) is 10.4 Å². The summed E-state index contributed by atoms with van der Waals surface area (Å²) >= 11 is 8.88. The van der Waals surface area contributed by atoms with Crippen LogP contribution in [0.25, 0.3) is 21.1 Å². The van der Waals surface area contributed by atoms with Gasteiger partial charge < -0.3 is 5.11 Å². The molecule has 100 valence electrons. The minimum Gasteiger partial charge on any atom is -0.478 e. The van der Waals surface area contributed by atoms with Crippen molar-refractivity contribution in [2.45, 2.75) is 0 Å². The van der Waals surface area contributed by atoms with Gasteiger partial charge in [0.25, 0.3) is 0 Å². The Balaban J connectivity index is 1.98. The molecule has 1 aromatic carbocycles. The molecule has 0 unspecified atom stereocenters. The van der Waals surface area contributed by atoms with Crippen molar-refractivity contribution in [2.75, 3.05) is 0 Å². The van der Waals surface area contributed by atoms with Gasteiger partial charge in [0.05, 0.1) is 20.5 Å². The second kappa shape index (κ2) is 5.36.